The number of benzene rings is 8. The Morgan fingerprint density at radius 1 is 0.446 bits per heavy atom. The van der Waals surface area contributed by atoms with Crippen LogP contribution in [0.15, 0.2) is 215 Å². The number of pyridine rings is 1. The summed E-state index contributed by atoms with van der Waals surface area (Å²) in [6, 6.07) is 72.0. The van der Waals surface area contributed by atoms with Crippen LogP contribution in [0.2, 0.25) is 0 Å². The van der Waals surface area contributed by atoms with Gasteiger partial charge in [0, 0.05) is 77.7 Å². The first-order valence-electron chi connectivity index (χ1n) is 22.4. The van der Waals surface area contributed by atoms with Crippen LogP contribution in [0.5, 0.6) is 0 Å². The first-order chi connectivity index (χ1) is 32.2. The number of fused-ring (bicyclic) bond motifs is 12. The lowest BCUT2D eigenvalue weighted by Crippen LogP contribution is -2.21. The van der Waals surface area contributed by atoms with Crippen LogP contribution in [0.4, 0.5) is 0 Å². The highest BCUT2D eigenvalue weighted by Crippen LogP contribution is 2.58. The summed E-state index contributed by atoms with van der Waals surface area (Å²) in [6.07, 6.45) is 1.93. The third kappa shape index (κ3) is 5.18. The van der Waals surface area contributed by atoms with Gasteiger partial charge in [0.05, 0.1) is 28.4 Å². The van der Waals surface area contributed by atoms with Crippen molar-refractivity contribution < 1.29 is 8.83 Å². The molecule has 5 nitrogen and oxygen atoms in total. The average Bonchev–Trinajstić information content (AvgIpc) is 4.12. The van der Waals surface area contributed by atoms with E-state index in [-0.39, 0.29) is 11.8 Å². The maximum atomic E-state index is 6.97. The quantitative estimate of drug-likeness (QED) is 0.174. The van der Waals surface area contributed by atoms with Crippen molar-refractivity contribution in [3.8, 4) is 11.4 Å². The van der Waals surface area contributed by atoms with Crippen LogP contribution in [0.3, 0.4) is 0 Å². The van der Waals surface area contributed by atoms with Gasteiger partial charge in [-0.3, -0.25) is 4.98 Å². The molecule has 0 amide bonds. The van der Waals surface area contributed by atoms with Crippen molar-refractivity contribution in [1.82, 2.24) is 14.1 Å². The predicted octanol–water partition coefficient (Wildman–Crippen LogP) is 15.8. The van der Waals surface area contributed by atoms with Crippen LogP contribution in [-0.4, -0.2) is 14.1 Å². The Morgan fingerprint density at radius 3 is 1.78 bits per heavy atom. The Kier molecular flexibility index (Phi) is 7.66. The van der Waals surface area contributed by atoms with Gasteiger partial charge < -0.3 is 18.0 Å². The van der Waals surface area contributed by atoms with E-state index in [2.05, 4.69) is 204 Å². The topological polar surface area (TPSA) is 49.0 Å². The molecular weight excluding hydrogens is 795 g/mol. The fourth-order valence-corrected chi connectivity index (χ4v) is 11.3. The number of allylic oxidation sites excluding steroid dienone is 1. The molecular formula is C60H39N3O2. The standard InChI is InChI=1S/C60H39N3O2/c1-36-55(45-26-16-25-43-41-22-10-15-30-53(41)65-60(43)45)58(48-34-47-42-23-11-14-29-52(42)64-54(47)35-61-48)56(57-44-24-9-13-28-50(44)63(59(36)57)39-19-6-3-7-20-39)37-31-32-51-46(33-37)40-21-8-12-27-49(40)62(51)38-17-4-2-5-18-38/h2-36,55H,1H3. The van der Waals surface area contributed by atoms with Gasteiger partial charge in [0.2, 0.25) is 0 Å². The first-order valence-corrected chi connectivity index (χ1v) is 22.4. The smallest absolute Gasteiger partial charge is 0.153 e. The lowest BCUT2D eigenvalue weighted by Gasteiger charge is -2.36. The zero-order valence-corrected chi connectivity index (χ0v) is 35.4. The molecule has 2 atom stereocenters. The second-order valence-electron chi connectivity index (χ2n) is 17.4. The van der Waals surface area contributed by atoms with Crippen LogP contribution in [0.1, 0.15) is 46.8 Å². The summed E-state index contributed by atoms with van der Waals surface area (Å²) in [5.41, 5.74) is 17.2. The van der Waals surface area contributed by atoms with Crippen molar-refractivity contribution in [1.29, 1.82) is 0 Å². The Hall–Kier alpha value is -8.41. The van der Waals surface area contributed by atoms with Gasteiger partial charge in [-0.1, -0.05) is 140 Å². The molecule has 306 valence electrons. The van der Waals surface area contributed by atoms with E-state index in [1.807, 2.05) is 18.3 Å². The summed E-state index contributed by atoms with van der Waals surface area (Å²) in [5.74, 6) is -0.213. The molecule has 5 heterocycles. The second kappa shape index (κ2) is 13.8. The van der Waals surface area contributed by atoms with Crippen LogP contribution >= 0.6 is 0 Å². The van der Waals surface area contributed by atoms with Crippen molar-refractivity contribution in [2.45, 2.75) is 18.8 Å². The maximum Gasteiger partial charge on any atom is 0.153 e. The predicted molar refractivity (Wildman–Crippen MR) is 266 cm³/mol. The minimum Gasteiger partial charge on any atom is -0.456 e. The van der Waals surface area contributed by atoms with Gasteiger partial charge in [0.25, 0.3) is 0 Å². The molecule has 0 saturated heterocycles. The SMILES string of the molecule is CC1c2c(c3ccccc3n2-c2ccccc2)C(c2ccc3c(c2)c2ccccc2n3-c2ccccc2)=C(c2cc3c(cn2)oc2ccccc23)C1c1cccc2c1oc1ccccc12. The molecule has 1 aliphatic rings. The van der Waals surface area contributed by atoms with Crippen molar-refractivity contribution in [2.24, 2.45) is 0 Å². The van der Waals surface area contributed by atoms with E-state index in [4.69, 9.17) is 13.8 Å². The summed E-state index contributed by atoms with van der Waals surface area (Å²) in [7, 11) is 0. The molecule has 0 radical (unpaired) electrons. The van der Waals surface area contributed by atoms with Gasteiger partial charge in [0.15, 0.2) is 5.58 Å². The number of rotatable bonds is 5. The number of furan rings is 2. The Labute approximate surface area is 373 Å². The van der Waals surface area contributed by atoms with E-state index >= 15 is 0 Å². The lowest BCUT2D eigenvalue weighted by atomic mass is 9.68. The van der Waals surface area contributed by atoms with E-state index in [0.717, 1.165) is 83.2 Å². The molecule has 65 heavy (non-hydrogen) atoms. The normalized spacial score (nSPS) is 15.4. The molecule has 8 aromatic carbocycles. The molecule has 0 N–H and O–H groups in total. The van der Waals surface area contributed by atoms with Crippen molar-refractivity contribution >= 4 is 87.7 Å². The number of aromatic nitrogens is 3. The van der Waals surface area contributed by atoms with E-state index in [1.165, 1.54) is 44.0 Å². The van der Waals surface area contributed by atoms with Crippen LogP contribution in [0, 0.1) is 0 Å². The molecule has 13 aromatic rings. The second-order valence-corrected chi connectivity index (χ2v) is 17.4. The molecule has 0 spiro atoms. The van der Waals surface area contributed by atoms with E-state index in [1.54, 1.807) is 0 Å². The summed E-state index contributed by atoms with van der Waals surface area (Å²) >= 11 is 0. The first kappa shape index (κ1) is 36.1. The zero-order valence-electron chi connectivity index (χ0n) is 35.4. The van der Waals surface area contributed by atoms with E-state index < -0.39 is 0 Å². The lowest BCUT2D eigenvalue weighted by molar-refractivity contribution is 0.622. The number of hydrogen-bond donors (Lipinski definition) is 0. The Bertz CT molecular complexity index is 4090. The molecule has 14 rings (SSSR count). The summed E-state index contributed by atoms with van der Waals surface area (Å²) < 4.78 is 18.3. The summed E-state index contributed by atoms with van der Waals surface area (Å²) in [6.45, 7) is 2.41. The molecule has 5 aromatic heterocycles. The minimum atomic E-state index is -0.182. The highest BCUT2D eigenvalue weighted by Gasteiger charge is 2.41. The number of hydrogen-bond acceptors (Lipinski definition) is 3. The van der Waals surface area contributed by atoms with Gasteiger partial charge >= 0.3 is 0 Å². The molecule has 0 aliphatic heterocycles. The molecule has 1 aliphatic carbocycles. The minimum absolute atomic E-state index is 0.0301. The van der Waals surface area contributed by atoms with Gasteiger partial charge in [-0.25, -0.2) is 0 Å². The van der Waals surface area contributed by atoms with Gasteiger partial charge in [-0.2, -0.15) is 0 Å². The Balaban J connectivity index is 1.17. The molecule has 0 fully saturated rings. The van der Waals surface area contributed by atoms with Crippen molar-refractivity contribution in [2.75, 3.05) is 0 Å². The third-order valence-corrected chi connectivity index (χ3v) is 14.0. The fraction of sp³-hybridized carbons (Fsp3) is 0.0500. The maximum absolute atomic E-state index is 6.97. The monoisotopic (exact) mass is 833 g/mol. The highest BCUT2D eigenvalue weighted by atomic mass is 16.3. The van der Waals surface area contributed by atoms with Crippen molar-refractivity contribution in [3.63, 3.8) is 0 Å². The van der Waals surface area contributed by atoms with Gasteiger partial charge in [-0.05, 0) is 83.4 Å². The molecule has 2 unspecified atom stereocenters. The fourth-order valence-electron chi connectivity index (χ4n) is 11.3. The van der Waals surface area contributed by atoms with Crippen molar-refractivity contribution in [3.05, 3.63) is 234 Å². The largest absolute Gasteiger partial charge is 0.456 e. The Morgan fingerprint density at radius 2 is 1.03 bits per heavy atom. The van der Waals surface area contributed by atoms with E-state index in [9.17, 15) is 0 Å². The van der Waals surface area contributed by atoms with Gasteiger partial charge in [0.1, 0.15) is 16.7 Å². The van der Waals surface area contributed by atoms with E-state index in [0.29, 0.717) is 0 Å². The van der Waals surface area contributed by atoms with Gasteiger partial charge in [-0.15, -0.1) is 0 Å². The van der Waals surface area contributed by atoms with Crippen LogP contribution in [-0.2, 0) is 0 Å². The molecule has 0 saturated carbocycles. The zero-order chi connectivity index (χ0) is 42.8. The third-order valence-electron chi connectivity index (χ3n) is 14.0. The number of para-hydroxylation sites is 7. The molecule has 0 bridgehead atoms. The summed E-state index contributed by atoms with van der Waals surface area (Å²) in [5, 5.41) is 7.95. The highest BCUT2D eigenvalue weighted by molar-refractivity contribution is 6.16. The van der Waals surface area contributed by atoms with Crippen LogP contribution < -0.4 is 0 Å². The summed E-state index contributed by atoms with van der Waals surface area (Å²) in [4.78, 5) is 5.42. The van der Waals surface area contributed by atoms with Crippen LogP contribution in [0.25, 0.3) is 99.1 Å². The number of nitrogens with zero attached hydrogens (tertiary/aromatic N) is 3. The molecule has 5 heteroatoms. The average molecular weight is 834 g/mol.